The average Bonchev–Trinajstić information content (AvgIpc) is 3.41. The summed E-state index contributed by atoms with van der Waals surface area (Å²) in [4.78, 5) is 40.5. The van der Waals surface area contributed by atoms with Gasteiger partial charge in [0.25, 0.3) is 5.56 Å². The van der Waals surface area contributed by atoms with Crippen molar-refractivity contribution in [3.05, 3.63) is 94.0 Å². The van der Waals surface area contributed by atoms with E-state index in [1.54, 1.807) is 57.6 Å². The van der Waals surface area contributed by atoms with Gasteiger partial charge in [-0.15, -0.1) is 0 Å². The van der Waals surface area contributed by atoms with Crippen LogP contribution in [0.5, 0.6) is 5.75 Å². The molecule has 1 aliphatic heterocycles. The number of ether oxygens (including phenoxy) is 2. The third-order valence-corrected chi connectivity index (χ3v) is 8.89. The number of methoxy groups -OCH3 is 1. The summed E-state index contributed by atoms with van der Waals surface area (Å²) in [6.07, 6.45) is 4.96. The van der Waals surface area contributed by atoms with E-state index in [1.807, 2.05) is 12.1 Å². The number of fused-ring (bicyclic) bond motifs is 1. The molecule has 9 nitrogen and oxygen atoms in total. The first-order chi connectivity index (χ1) is 18.8. The van der Waals surface area contributed by atoms with Crippen LogP contribution in [0.3, 0.4) is 0 Å². The second-order valence-corrected chi connectivity index (χ2v) is 11.8. The number of rotatable bonds is 7. The van der Waals surface area contributed by atoms with Crippen molar-refractivity contribution in [3.63, 3.8) is 0 Å². The standard InChI is InChI=1S/C26H20Br2N4O5S2/c1-4-36-23(34)20-13(2)31-26-32(21(20)16-10-14(27)6-7-18(16)35-3)22(33)19(38-26)12-15-11-17(28)24(37-15)39-25-29-8-5-9-30-25/h5-12,21H,4H2,1-3H3/b19-12-/t21-/m1/s1. The molecule has 0 saturated heterocycles. The number of nitrogens with zero attached hydrogens (tertiary/aromatic N) is 4. The van der Waals surface area contributed by atoms with Gasteiger partial charge in [0.1, 0.15) is 17.6 Å². The fraction of sp³-hybridized carbons (Fsp3) is 0.192. The Bertz CT molecular complexity index is 1780. The topological polar surface area (TPSA) is 109 Å². The number of esters is 1. The van der Waals surface area contributed by atoms with E-state index in [9.17, 15) is 9.59 Å². The van der Waals surface area contributed by atoms with Crippen molar-refractivity contribution >= 4 is 67.0 Å². The van der Waals surface area contributed by atoms with Gasteiger partial charge < -0.3 is 13.9 Å². The van der Waals surface area contributed by atoms with Crippen molar-refractivity contribution in [1.29, 1.82) is 0 Å². The second-order valence-electron chi connectivity index (χ2n) is 8.11. The molecule has 4 aromatic rings. The van der Waals surface area contributed by atoms with E-state index in [1.165, 1.54) is 27.7 Å². The molecule has 1 aromatic carbocycles. The van der Waals surface area contributed by atoms with E-state index in [-0.39, 0.29) is 17.7 Å². The van der Waals surface area contributed by atoms with Gasteiger partial charge in [0.15, 0.2) is 15.1 Å². The summed E-state index contributed by atoms with van der Waals surface area (Å²) in [6.45, 7) is 3.65. The van der Waals surface area contributed by atoms with Crippen LogP contribution in [-0.4, -0.2) is 34.2 Å². The first kappa shape index (κ1) is 27.6. The number of allylic oxidation sites excluding steroid dienone is 1. The highest BCUT2D eigenvalue weighted by Gasteiger charge is 2.35. The molecule has 0 fully saturated rings. The number of furan rings is 1. The van der Waals surface area contributed by atoms with E-state index in [4.69, 9.17) is 13.9 Å². The van der Waals surface area contributed by atoms with Crippen molar-refractivity contribution in [2.45, 2.75) is 30.1 Å². The van der Waals surface area contributed by atoms with Gasteiger partial charge in [0, 0.05) is 28.5 Å². The predicted molar refractivity (Wildman–Crippen MR) is 154 cm³/mol. The van der Waals surface area contributed by atoms with Crippen LogP contribution >= 0.6 is 55.0 Å². The summed E-state index contributed by atoms with van der Waals surface area (Å²) < 4.78 is 20.3. The van der Waals surface area contributed by atoms with Crippen LogP contribution in [0.1, 0.15) is 31.2 Å². The Morgan fingerprint density at radius 2 is 2.03 bits per heavy atom. The van der Waals surface area contributed by atoms with E-state index in [0.29, 0.717) is 46.8 Å². The average molecular weight is 692 g/mol. The minimum absolute atomic E-state index is 0.185. The molecule has 0 saturated carbocycles. The summed E-state index contributed by atoms with van der Waals surface area (Å²) >= 11 is 9.48. The van der Waals surface area contributed by atoms with Gasteiger partial charge in [-0.1, -0.05) is 27.3 Å². The number of hydrogen-bond donors (Lipinski definition) is 0. The highest BCUT2D eigenvalue weighted by Crippen LogP contribution is 2.37. The van der Waals surface area contributed by atoms with E-state index in [0.717, 1.165) is 4.47 Å². The molecule has 0 unspecified atom stereocenters. The van der Waals surface area contributed by atoms with Crippen LogP contribution in [-0.2, 0) is 9.53 Å². The molecular weight excluding hydrogens is 672 g/mol. The Labute approximate surface area is 247 Å². The normalized spacial score (nSPS) is 15.2. The molecule has 0 spiro atoms. The van der Waals surface area contributed by atoms with Crippen LogP contribution in [0.2, 0.25) is 0 Å². The van der Waals surface area contributed by atoms with Gasteiger partial charge in [-0.25, -0.2) is 19.8 Å². The largest absolute Gasteiger partial charge is 0.496 e. The second kappa shape index (κ2) is 11.6. The first-order valence-electron chi connectivity index (χ1n) is 11.6. The van der Waals surface area contributed by atoms with E-state index < -0.39 is 12.0 Å². The zero-order valence-corrected chi connectivity index (χ0v) is 25.6. The fourth-order valence-electron chi connectivity index (χ4n) is 4.06. The van der Waals surface area contributed by atoms with Crippen LogP contribution < -0.4 is 19.6 Å². The Balaban J connectivity index is 1.66. The van der Waals surface area contributed by atoms with Crippen LogP contribution in [0, 0.1) is 0 Å². The van der Waals surface area contributed by atoms with Gasteiger partial charge in [0.2, 0.25) is 0 Å². The molecule has 0 aliphatic carbocycles. The number of carbonyl (C=O) groups is 1. The minimum Gasteiger partial charge on any atom is -0.496 e. The summed E-state index contributed by atoms with van der Waals surface area (Å²) in [5, 5.41) is 1.08. The monoisotopic (exact) mass is 690 g/mol. The maximum atomic E-state index is 13.9. The lowest BCUT2D eigenvalue weighted by atomic mass is 9.95. The Morgan fingerprint density at radius 1 is 1.26 bits per heavy atom. The molecule has 0 amide bonds. The van der Waals surface area contributed by atoms with Gasteiger partial charge in [0.05, 0.1) is 34.0 Å². The summed E-state index contributed by atoms with van der Waals surface area (Å²) in [5.41, 5.74) is 1.04. The quantitative estimate of drug-likeness (QED) is 0.200. The van der Waals surface area contributed by atoms with Crippen molar-refractivity contribution in [2.24, 2.45) is 4.99 Å². The van der Waals surface area contributed by atoms with E-state index in [2.05, 4.69) is 46.8 Å². The lowest BCUT2D eigenvalue weighted by molar-refractivity contribution is -0.139. The number of carbonyl (C=O) groups excluding carboxylic acids is 1. The Morgan fingerprint density at radius 3 is 2.74 bits per heavy atom. The van der Waals surface area contributed by atoms with Crippen LogP contribution in [0.4, 0.5) is 0 Å². The molecule has 0 N–H and O–H groups in total. The number of halogens is 2. The highest BCUT2D eigenvalue weighted by molar-refractivity contribution is 9.10. The number of benzene rings is 1. The van der Waals surface area contributed by atoms with Gasteiger partial charge in [-0.05, 0) is 71.9 Å². The number of thiazole rings is 1. The number of aromatic nitrogens is 3. The fourth-order valence-corrected chi connectivity index (χ4v) is 6.71. The van der Waals surface area contributed by atoms with Crippen molar-refractivity contribution in [2.75, 3.05) is 13.7 Å². The summed E-state index contributed by atoms with van der Waals surface area (Å²) in [7, 11) is 1.54. The first-order valence-corrected chi connectivity index (χ1v) is 14.8. The molecular formula is C26H20Br2N4O5S2. The maximum Gasteiger partial charge on any atom is 0.338 e. The smallest absolute Gasteiger partial charge is 0.338 e. The minimum atomic E-state index is -0.806. The molecule has 0 radical (unpaired) electrons. The van der Waals surface area contributed by atoms with Crippen molar-refractivity contribution in [1.82, 2.24) is 14.5 Å². The molecule has 3 aromatic heterocycles. The molecule has 0 bridgehead atoms. The van der Waals surface area contributed by atoms with Crippen LogP contribution in [0.15, 0.2) is 87.4 Å². The Hall–Kier alpha value is -3.00. The van der Waals surface area contributed by atoms with E-state index >= 15 is 0 Å². The predicted octanol–water partition coefficient (Wildman–Crippen LogP) is 4.87. The molecule has 5 rings (SSSR count). The maximum absolute atomic E-state index is 13.9. The molecule has 13 heteroatoms. The molecule has 39 heavy (non-hydrogen) atoms. The summed E-state index contributed by atoms with van der Waals surface area (Å²) in [5.74, 6) is 0.442. The molecule has 1 atom stereocenters. The van der Waals surface area contributed by atoms with Crippen molar-refractivity contribution < 1.29 is 18.7 Å². The molecule has 1 aliphatic rings. The zero-order valence-electron chi connectivity index (χ0n) is 20.8. The SMILES string of the molecule is CCOC(=O)C1=C(C)N=c2s/c(=C\c3cc(Br)c(Sc4ncccn4)o3)c(=O)n2[C@@H]1c1cc(Br)ccc1OC. The van der Waals surface area contributed by atoms with Crippen molar-refractivity contribution in [3.8, 4) is 5.75 Å². The zero-order chi connectivity index (χ0) is 27.7. The third-order valence-electron chi connectivity index (χ3n) is 5.68. The third kappa shape index (κ3) is 5.53. The Kier molecular flexibility index (Phi) is 8.21. The lowest BCUT2D eigenvalue weighted by Gasteiger charge is -2.26. The van der Waals surface area contributed by atoms with Gasteiger partial charge >= 0.3 is 5.97 Å². The molecule has 4 heterocycles. The lowest BCUT2D eigenvalue weighted by Crippen LogP contribution is -2.40. The summed E-state index contributed by atoms with van der Waals surface area (Å²) in [6, 6.07) is 8.14. The van der Waals surface area contributed by atoms with Gasteiger partial charge in [-0.3, -0.25) is 9.36 Å². The van der Waals surface area contributed by atoms with Gasteiger partial charge in [-0.2, -0.15) is 0 Å². The highest BCUT2D eigenvalue weighted by atomic mass is 79.9. The molecule has 200 valence electrons. The number of hydrogen-bond acceptors (Lipinski definition) is 10. The van der Waals surface area contributed by atoms with Crippen LogP contribution in [0.25, 0.3) is 6.08 Å².